The molecule has 4 rings (SSSR count). The monoisotopic (exact) mass is 512 g/mol. The number of piperazine rings is 1. The number of nitriles is 1. The normalized spacial score (nSPS) is 19.2. The van der Waals surface area contributed by atoms with Crippen molar-refractivity contribution in [2.24, 2.45) is 0 Å². The third-order valence-corrected chi connectivity index (χ3v) is 6.75. The van der Waals surface area contributed by atoms with Gasteiger partial charge in [0.15, 0.2) is 0 Å². The molecule has 1 unspecified atom stereocenters. The summed E-state index contributed by atoms with van der Waals surface area (Å²) in [4.78, 5) is 43.9. The van der Waals surface area contributed by atoms with Gasteiger partial charge >= 0.3 is 6.09 Å². The molecule has 8 nitrogen and oxygen atoms in total. The summed E-state index contributed by atoms with van der Waals surface area (Å²) in [6, 6.07) is 18.5. The average Bonchev–Trinajstić information content (AvgIpc) is 3.24. The highest BCUT2D eigenvalue weighted by atomic mass is 16.6. The van der Waals surface area contributed by atoms with Gasteiger partial charge in [0.05, 0.1) is 22.8 Å². The number of ether oxygens (including phenoxy) is 1. The number of carbonyl (C=O) groups excluding carboxylic acids is 3. The first-order valence-corrected chi connectivity index (χ1v) is 12.5. The first-order chi connectivity index (χ1) is 17.9. The van der Waals surface area contributed by atoms with Gasteiger partial charge in [-0.05, 0) is 64.5 Å². The minimum Gasteiger partial charge on any atom is -0.443 e. The number of amides is 2. The van der Waals surface area contributed by atoms with E-state index in [9.17, 15) is 19.6 Å². The molecule has 1 saturated heterocycles. The molecule has 2 heterocycles. The van der Waals surface area contributed by atoms with Crippen molar-refractivity contribution in [3.8, 4) is 6.07 Å². The maximum absolute atomic E-state index is 13.9. The predicted octanol–water partition coefficient (Wildman–Crippen LogP) is 4.96. The molecular formula is C30H32N4O4. The standard InChI is InChI=1S/C30H32N4O4/c1-7-33-26(35)25(32(6)27(36)30(33,5)18-20-12-9-8-10-13-20)17-22-16-23-21(19-31)14-11-15-24(23)34(22)28(37)38-29(2,3)4/h8-17H,7,18H2,1-6H3/b25-17-. The van der Waals surface area contributed by atoms with Gasteiger partial charge in [0.2, 0.25) is 0 Å². The number of nitrogens with zero attached hydrogens (tertiary/aromatic N) is 4. The fraction of sp³-hybridized carbons (Fsp3) is 0.333. The molecule has 2 aromatic carbocycles. The van der Waals surface area contributed by atoms with Gasteiger partial charge in [-0.15, -0.1) is 0 Å². The second-order valence-electron chi connectivity index (χ2n) is 10.6. The second-order valence-corrected chi connectivity index (χ2v) is 10.6. The first-order valence-electron chi connectivity index (χ1n) is 12.5. The van der Waals surface area contributed by atoms with Gasteiger partial charge in [0.1, 0.15) is 16.8 Å². The van der Waals surface area contributed by atoms with Crippen LogP contribution in [-0.2, 0) is 20.7 Å². The minimum atomic E-state index is -1.08. The number of rotatable bonds is 4. The van der Waals surface area contributed by atoms with Gasteiger partial charge in [0, 0.05) is 25.4 Å². The van der Waals surface area contributed by atoms with Gasteiger partial charge in [-0.1, -0.05) is 36.4 Å². The summed E-state index contributed by atoms with van der Waals surface area (Å²) in [6.45, 7) is 9.24. The van der Waals surface area contributed by atoms with Crippen molar-refractivity contribution >= 4 is 34.9 Å². The molecular weight excluding hydrogens is 480 g/mol. The largest absolute Gasteiger partial charge is 0.443 e. The minimum absolute atomic E-state index is 0.133. The van der Waals surface area contributed by atoms with Gasteiger partial charge in [-0.2, -0.15) is 5.26 Å². The van der Waals surface area contributed by atoms with Crippen molar-refractivity contribution in [3.05, 3.63) is 77.1 Å². The fourth-order valence-electron chi connectivity index (χ4n) is 5.01. The van der Waals surface area contributed by atoms with Crippen molar-refractivity contribution in [1.82, 2.24) is 14.4 Å². The Kier molecular flexibility index (Phi) is 6.90. The summed E-state index contributed by atoms with van der Waals surface area (Å²) < 4.78 is 6.99. The molecule has 1 fully saturated rings. The van der Waals surface area contributed by atoms with E-state index in [0.29, 0.717) is 35.1 Å². The van der Waals surface area contributed by atoms with Crippen LogP contribution in [-0.4, -0.2) is 57.0 Å². The Morgan fingerprint density at radius 2 is 1.79 bits per heavy atom. The van der Waals surface area contributed by atoms with Crippen LogP contribution in [0.25, 0.3) is 17.0 Å². The van der Waals surface area contributed by atoms with E-state index in [1.807, 2.05) is 37.3 Å². The van der Waals surface area contributed by atoms with Crippen LogP contribution in [0, 0.1) is 11.3 Å². The first kappa shape index (κ1) is 26.7. The van der Waals surface area contributed by atoms with Crippen LogP contribution in [0.15, 0.2) is 60.3 Å². The van der Waals surface area contributed by atoms with E-state index in [0.717, 1.165) is 5.56 Å². The van der Waals surface area contributed by atoms with Crippen molar-refractivity contribution < 1.29 is 19.1 Å². The summed E-state index contributed by atoms with van der Waals surface area (Å²) in [6.07, 6.45) is 1.25. The number of likely N-dealkylation sites (N-methyl/N-ethyl adjacent to an activating group) is 2. The lowest BCUT2D eigenvalue weighted by molar-refractivity contribution is -0.157. The predicted molar refractivity (Wildman–Crippen MR) is 145 cm³/mol. The lowest BCUT2D eigenvalue weighted by Gasteiger charge is -2.47. The highest BCUT2D eigenvalue weighted by molar-refractivity contribution is 6.09. The van der Waals surface area contributed by atoms with Crippen LogP contribution in [0.2, 0.25) is 0 Å². The SMILES string of the molecule is CCN1C(=O)/C(=C/c2cc3c(C#N)cccc3n2C(=O)OC(C)(C)C)N(C)C(=O)C1(C)Cc1ccccc1. The summed E-state index contributed by atoms with van der Waals surface area (Å²) >= 11 is 0. The molecule has 0 spiro atoms. The Hall–Kier alpha value is -4.38. The zero-order valence-electron chi connectivity index (χ0n) is 22.6. The lowest BCUT2D eigenvalue weighted by atomic mass is 9.86. The van der Waals surface area contributed by atoms with Crippen molar-refractivity contribution in [3.63, 3.8) is 0 Å². The molecule has 0 bridgehead atoms. The number of benzene rings is 2. The quantitative estimate of drug-likeness (QED) is 0.461. The van der Waals surface area contributed by atoms with Crippen LogP contribution < -0.4 is 0 Å². The summed E-state index contributed by atoms with van der Waals surface area (Å²) in [7, 11) is 1.57. The van der Waals surface area contributed by atoms with E-state index >= 15 is 0 Å². The summed E-state index contributed by atoms with van der Waals surface area (Å²) in [5.74, 6) is -0.554. The molecule has 2 amide bonds. The highest BCUT2D eigenvalue weighted by Gasteiger charge is 2.49. The Balaban J connectivity index is 1.85. The molecule has 1 atom stereocenters. The fourth-order valence-corrected chi connectivity index (χ4v) is 5.01. The molecule has 0 N–H and O–H groups in total. The third-order valence-electron chi connectivity index (χ3n) is 6.75. The Morgan fingerprint density at radius 1 is 1.11 bits per heavy atom. The van der Waals surface area contributed by atoms with Crippen molar-refractivity contribution in [2.45, 2.75) is 52.2 Å². The Bertz CT molecular complexity index is 1490. The zero-order valence-corrected chi connectivity index (χ0v) is 22.6. The van der Waals surface area contributed by atoms with Gasteiger partial charge in [0.25, 0.3) is 11.8 Å². The van der Waals surface area contributed by atoms with E-state index in [-0.39, 0.29) is 17.5 Å². The third kappa shape index (κ3) is 4.68. The molecule has 1 aliphatic heterocycles. The smallest absolute Gasteiger partial charge is 0.419 e. The molecule has 1 aliphatic rings. The molecule has 196 valence electrons. The average molecular weight is 513 g/mol. The molecule has 0 radical (unpaired) electrons. The molecule has 3 aromatic rings. The Labute approximate surface area is 222 Å². The highest BCUT2D eigenvalue weighted by Crippen LogP contribution is 2.33. The van der Waals surface area contributed by atoms with Crippen LogP contribution in [0.5, 0.6) is 0 Å². The van der Waals surface area contributed by atoms with E-state index in [2.05, 4.69) is 6.07 Å². The molecule has 8 heteroatoms. The van der Waals surface area contributed by atoms with Crippen LogP contribution in [0.3, 0.4) is 0 Å². The molecule has 1 aromatic heterocycles. The zero-order chi connectivity index (χ0) is 27.8. The van der Waals surface area contributed by atoms with Crippen molar-refractivity contribution in [2.75, 3.05) is 13.6 Å². The maximum Gasteiger partial charge on any atom is 0.419 e. The van der Waals surface area contributed by atoms with Crippen LogP contribution >= 0.6 is 0 Å². The number of fused-ring (bicyclic) bond motifs is 1. The Morgan fingerprint density at radius 3 is 2.39 bits per heavy atom. The molecule has 38 heavy (non-hydrogen) atoms. The molecule has 0 aliphatic carbocycles. The van der Waals surface area contributed by atoms with E-state index < -0.39 is 17.2 Å². The van der Waals surface area contributed by atoms with Crippen LogP contribution in [0.4, 0.5) is 4.79 Å². The van der Waals surface area contributed by atoms with Gasteiger partial charge in [-0.25, -0.2) is 9.36 Å². The van der Waals surface area contributed by atoms with Gasteiger partial charge in [-0.3, -0.25) is 9.59 Å². The second kappa shape index (κ2) is 9.82. The number of hydrogen-bond acceptors (Lipinski definition) is 5. The van der Waals surface area contributed by atoms with E-state index in [4.69, 9.17) is 4.74 Å². The van der Waals surface area contributed by atoms with Gasteiger partial charge < -0.3 is 14.5 Å². The number of carbonyl (C=O) groups is 3. The van der Waals surface area contributed by atoms with E-state index in [1.165, 1.54) is 15.5 Å². The number of hydrogen-bond donors (Lipinski definition) is 0. The topological polar surface area (TPSA) is 95.6 Å². The van der Waals surface area contributed by atoms with Crippen LogP contribution in [0.1, 0.15) is 51.4 Å². The maximum atomic E-state index is 13.9. The summed E-state index contributed by atoms with van der Waals surface area (Å²) in [5, 5.41) is 10.2. The van der Waals surface area contributed by atoms with Crippen molar-refractivity contribution in [1.29, 1.82) is 5.26 Å². The molecule has 0 saturated carbocycles. The van der Waals surface area contributed by atoms with E-state index in [1.54, 1.807) is 63.9 Å². The lowest BCUT2D eigenvalue weighted by Crippen LogP contribution is -2.65. The summed E-state index contributed by atoms with van der Waals surface area (Å²) in [5.41, 5.74) is 0.431. The number of aromatic nitrogens is 1.